The molecule has 1 saturated heterocycles. The summed E-state index contributed by atoms with van der Waals surface area (Å²) in [7, 11) is 0. The van der Waals surface area contributed by atoms with Crippen LogP contribution in [-0.4, -0.2) is 44.5 Å². The number of aromatic nitrogens is 3. The maximum atomic E-state index is 12.9. The first-order valence-electron chi connectivity index (χ1n) is 8.29. The van der Waals surface area contributed by atoms with Gasteiger partial charge >= 0.3 is 0 Å². The fraction of sp³-hybridized carbons (Fsp3) is 0.278. The summed E-state index contributed by atoms with van der Waals surface area (Å²) in [6.45, 7) is 3.11. The van der Waals surface area contributed by atoms with Gasteiger partial charge in [0.15, 0.2) is 5.13 Å². The van der Waals surface area contributed by atoms with Crippen LogP contribution in [0.1, 0.15) is 21.8 Å². The average molecular weight is 433 g/mol. The fourth-order valence-electron chi connectivity index (χ4n) is 2.92. The van der Waals surface area contributed by atoms with Crippen molar-refractivity contribution >= 4 is 33.2 Å². The van der Waals surface area contributed by atoms with E-state index < -0.39 is 0 Å². The highest BCUT2D eigenvalue weighted by Crippen LogP contribution is 2.27. The van der Waals surface area contributed by atoms with E-state index in [1.54, 1.807) is 6.20 Å². The molecule has 3 aromatic rings. The first-order valence-corrected chi connectivity index (χ1v) is 9.90. The predicted molar refractivity (Wildman–Crippen MR) is 103 cm³/mol. The molecule has 0 bridgehead atoms. The summed E-state index contributed by atoms with van der Waals surface area (Å²) in [5.74, 6) is 0.584. The van der Waals surface area contributed by atoms with Gasteiger partial charge in [-0.1, -0.05) is 11.3 Å². The van der Waals surface area contributed by atoms with Gasteiger partial charge in [0.1, 0.15) is 11.0 Å². The van der Waals surface area contributed by atoms with Crippen molar-refractivity contribution in [3.8, 4) is 11.0 Å². The molecule has 0 spiro atoms. The van der Waals surface area contributed by atoms with Crippen LogP contribution in [0, 0.1) is 6.92 Å². The lowest BCUT2D eigenvalue weighted by atomic mass is 10.3. The monoisotopic (exact) mass is 432 g/mol. The van der Waals surface area contributed by atoms with Crippen LogP contribution >= 0.6 is 27.3 Å². The lowest BCUT2D eigenvalue weighted by Gasteiger charge is -2.16. The van der Waals surface area contributed by atoms with E-state index in [-0.39, 0.29) is 12.0 Å². The van der Waals surface area contributed by atoms with E-state index in [4.69, 9.17) is 4.74 Å². The fourth-order valence-corrected chi connectivity index (χ4v) is 4.27. The van der Waals surface area contributed by atoms with Crippen LogP contribution in [0.25, 0.3) is 5.13 Å². The van der Waals surface area contributed by atoms with Crippen molar-refractivity contribution in [3.63, 3.8) is 0 Å². The number of pyridine rings is 1. The molecule has 0 aliphatic carbocycles. The normalized spacial score (nSPS) is 16.8. The molecule has 4 rings (SSSR count). The Labute approximate surface area is 163 Å². The van der Waals surface area contributed by atoms with Crippen molar-refractivity contribution < 1.29 is 9.53 Å². The van der Waals surface area contributed by atoms with Crippen LogP contribution in [0.5, 0.6) is 5.88 Å². The van der Waals surface area contributed by atoms with Gasteiger partial charge in [-0.2, -0.15) is 0 Å². The van der Waals surface area contributed by atoms with E-state index in [0.717, 1.165) is 21.7 Å². The molecule has 0 aromatic carbocycles. The summed E-state index contributed by atoms with van der Waals surface area (Å²) in [6, 6.07) is 7.62. The average Bonchev–Trinajstić information content (AvgIpc) is 3.36. The van der Waals surface area contributed by atoms with Gasteiger partial charge < -0.3 is 14.2 Å². The van der Waals surface area contributed by atoms with E-state index >= 15 is 0 Å². The van der Waals surface area contributed by atoms with Gasteiger partial charge in [-0.05, 0) is 47.1 Å². The van der Waals surface area contributed by atoms with Crippen LogP contribution < -0.4 is 4.74 Å². The summed E-state index contributed by atoms with van der Waals surface area (Å²) in [5.41, 5.74) is 0.764. The van der Waals surface area contributed by atoms with Gasteiger partial charge in [0.05, 0.1) is 16.7 Å². The summed E-state index contributed by atoms with van der Waals surface area (Å²) in [4.78, 5) is 24.2. The van der Waals surface area contributed by atoms with Gasteiger partial charge in [0.2, 0.25) is 5.88 Å². The van der Waals surface area contributed by atoms with Crippen molar-refractivity contribution in [1.82, 2.24) is 19.4 Å². The Bertz CT molecular complexity index is 925. The number of halogens is 1. The number of thiazole rings is 1. The molecule has 4 heterocycles. The molecule has 134 valence electrons. The molecule has 8 heteroatoms. The number of nitrogens with zero attached hydrogens (tertiary/aromatic N) is 4. The second-order valence-corrected chi connectivity index (χ2v) is 7.90. The van der Waals surface area contributed by atoms with Crippen molar-refractivity contribution in [2.75, 3.05) is 13.1 Å². The molecule has 26 heavy (non-hydrogen) atoms. The van der Waals surface area contributed by atoms with Gasteiger partial charge in [0.25, 0.3) is 5.91 Å². The third-order valence-corrected chi connectivity index (χ3v) is 6.00. The van der Waals surface area contributed by atoms with E-state index in [2.05, 4.69) is 25.9 Å². The third-order valence-electron chi connectivity index (χ3n) is 4.24. The number of hydrogen-bond acceptors (Lipinski definition) is 5. The Morgan fingerprint density at radius 1 is 1.35 bits per heavy atom. The Morgan fingerprint density at radius 2 is 2.15 bits per heavy atom. The molecule has 0 saturated carbocycles. The van der Waals surface area contributed by atoms with E-state index in [0.29, 0.717) is 23.8 Å². The molecule has 1 atom stereocenters. The van der Waals surface area contributed by atoms with Crippen molar-refractivity contribution in [2.24, 2.45) is 0 Å². The number of carbonyl (C=O) groups is 1. The Hall–Kier alpha value is -2.19. The molecular formula is C18H17BrN4O2S. The van der Waals surface area contributed by atoms with E-state index in [1.807, 2.05) is 53.0 Å². The molecule has 1 fully saturated rings. The van der Waals surface area contributed by atoms with Crippen LogP contribution in [0.2, 0.25) is 0 Å². The SMILES string of the molecule is Cc1nc(-n2cccc2)sc1C(=O)N1CCC(Oc2ncccc2Br)C1. The number of amides is 1. The van der Waals surface area contributed by atoms with Crippen molar-refractivity contribution in [2.45, 2.75) is 19.4 Å². The van der Waals surface area contributed by atoms with Crippen molar-refractivity contribution in [1.29, 1.82) is 0 Å². The third kappa shape index (κ3) is 3.39. The highest BCUT2D eigenvalue weighted by atomic mass is 79.9. The molecule has 0 radical (unpaired) electrons. The number of carbonyl (C=O) groups excluding carboxylic acids is 1. The summed E-state index contributed by atoms with van der Waals surface area (Å²) >= 11 is 4.86. The summed E-state index contributed by atoms with van der Waals surface area (Å²) < 4.78 is 8.69. The number of likely N-dealkylation sites (tertiary alicyclic amines) is 1. The Kier molecular flexibility index (Phi) is 4.78. The maximum Gasteiger partial charge on any atom is 0.266 e. The molecular weight excluding hydrogens is 416 g/mol. The van der Waals surface area contributed by atoms with Gasteiger partial charge in [-0.15, -0.1) is 0 Å². The number of aryl methyl sites for hydroxylation is 1. The van der Waals surface area contributed by atoms with Crippen LogP contribution in [0.15, 0.2) is 47.3 Å². The Morgan fingerprint density at radius 3 is 2.92 bits per heavy atom. The first kappa shape index (κ1) is 17.2. The first-order chi connectivity index (χ1) is 12.6. The number of hydrogen-bond donors (Lipinski definition) is 0. The lowest BCUT2D eigenvalue weighted by molar-refractivity contribution is 0.0775. The van der Waals surface area contributed by atoms with Crippen LogP contribution in [-0.2, 0) is 0 Å². The second-order valence-electron chi connectivity index (χ2n) is 6.07. The molecule has 6 nitrogen and oxygen atoms in total. The summed E-state index contributed by atoms with van der Waals surface area (Å²) in [5, 5.41) is 0.806. The van der Waals surface area contributed by atoms with Crippen LogP contribution in [0.4, 0.5) is 0 Å². The zero-order chi connectivity index (χ0) is 18.1. The molecule has 0 N–H and O–H groups in total. The Balaban J connectivity index is 1.46. The number of rotatable bonds is 4. The van der Waals surface area contributed by atoms with Gasteiger partial charge in [-0.25, -0.2) is 9.97 Å². The van der Waals surface area contributed by atoms with Gasteiger partial charge in [0, 0.05) is 31.6 Å². The highest BCUT2D eigenvalue weighted by Gasteiger charge is 2.31. The quantitative estimate of drug-likeness (QED) is 0.630. The zero-order valence-corrected chi connectivity index (χ0v) is 16.5. The smallest absolute Gasteiger partial charge is 0.266 e. The zero-order valence-electron chi connectivity index (χ0n) is 14.1. The minimum atomic E-state index is -0.0534. The molecule has 3 aromatic heterocycles. The minimum absolute atomic E-state index is 0.0181. The number of ether oxygens (including phenoxy) is 1. The molecule has 1 aliphatic rings. The van der Waals surface area contributed by atoms with Crippen LogP contribution in [0.3, 0.4) is 0 Å². The van der Waals surface area contributed by atoms with Crippen molar-refractivity contribution in [3.05, 3.63) is 57.9 Å². The largest absolute Gasteiger partial charge is 0.472 e. The topological polar surface area (TPSA) is 60.2 Å². The van der Waals surface area contributed by atoms with Gasteiger partial charge in [-0.3, -0.25) is 4.79 Å². The highest BCUT2D eigenvalue weighted by molar-refractivity contribution is 9.10. The standard InChI is InChI=1S/C18H17BrN4O2S/c1-12-15(26-18(21-12)22-8-2-3-9-22)17(24)23-10-6-13(11-23)25-16-14(19)5-4-7-20-16/h2-5,7-9,13H,6,10-11H2,1H3. The minimum Gasteiger partial charge on any atom is -0.472 e. The molecule has 1 unspecified atom stereocenters. The lowest BCUT2D eigenvalue weighted by Crippen LogP contribution is -2.31. The van der Waals surface area contributed by atoms with E-state index in [9.17, 15) is 4.79 Å². The van der Waals surface area contributed by atoms with E-state index in [1.165, 1.54) is 11.3 Å². The molecule has 1 aliphatic heterocycles. The molecule has 1 amide bonds. The summed E-state index contributed by atoms with van der Waals surface area (Å²) in [6.07, 6.45) is 6.29. The predicted octanol–water partition coefficient (Wildman–Crippen LogP) is 3.69. The second kappa shape index (κ2) is 7.20. The maximum absolute atomic E-state index is 12.9.